The van der Waals surface area contributed by atoms with Gasteiger partial charge in [0.05, 0.1) is 25.4 Å². The van der Waals surface area contributed by atoms with Crippen molar-refractivity contribution in [3.05, 3.63) is 22.7 Å². The number of unbranched alkanes of at least 4 members (excludes halogenated alkanes) is 3. The standard InChI is InChI=1S/C33H59N6O19P3/c1-32(2,3)55-27(41)13-11-21(34)29(43)37-22(12-14-28(42)56-33(4,5)6)30(44)36-16-9-7-8-10-18-52-59(46,47)57-61(50,51)58-60(48,49)53-20-24-23(40)19-26(54-24)39-17-15-25(35)38-31(39)45/h15,17,21-24,26,40H,7-14,16,18-20,34H2,1-6H3,(H,36,44)(H,37,43)(H,46,47)(H,48,49)(H,50,51)(H2,35,38,45)/t21?,22?,23-,24-,26-/m1/s1. The lowest BCUT2D eigenvalue weighted by atomic mass is 10.1. The Morgan fingerprint density at radius 3 is 2.02 bits per heavy atom. The Balaban J connectivity index is 1.77. The molecular formula is C33H59N6O19P3. The Kier molecular flexibility index (Phi) is 20.8. The minimum absolute atomic E-state index is 0.0581. The number of nitrogen functional groups attached to an aromatic ring is 1. The van der Waals surface area contributed by atoms with Gasteiger partial charge in [0.25, 0.3) is 0 Å². The Hall–Kier alpha value is -3.15. The lowest BCUT2D eigenvalue weighted by Gasteiger charge is -2.23. The molecule has 0 aliphatic carbocycles. The molecule has 350 valence electrons. The summed E-state index contributed by atoms with van der Waals surface area (Å²) in [6.07, 6.45) is -1.87. The zero-order chi connectivity index (χ0) is 46.4. The summed E-state index contributed by atoms with van der Waals surface area (Å²) < 4.78 is 71.3. The molecule has 25 nitrogen and oxygen atoms in total. The quantitative estimate of drug-likeness (QED) is 0.0392. The van der Waals surface area contributed by atoms with Gasteiger partial charge in [-0.2, -0.15) is 13.6 Å². The van der Waals surface area contributed by atoms with Crippen LogP contribution in [0.15, 0.2) is 17.1 Å². The van der Waals surface area contributed by atoms with E-state index in [1.54, 1.807) is 41.5 Å². The third kappa shape index (κ3) is 22.2. The van der Waals surface area contributed by atoms with Crippen molar-refractivity contribution in [2.45, 2.75) is 141 Å². The van der Waals surface area contributed by atoms with E-state index in [9.17, 15) is 57.5 Å². The average molecular weight is 937 g/mol. The first kappa shape index (κ1) is 54.0. The molecule has 1 saturated heterocycles. The number of hydrogen-bond acceptors (Lipinski definition) is 19. The molecule has 2 amide bonds. The van der Waals surface area contributed by atoms with E-state index < -0.39 is 108 Å². The van der Waals surface area contributed by atoms with Gasteiger partial charge in [-0.1, -0.05) is 12.8 Å². The molecule has 0 bridgehead atoms. The Morgan fingerprint density at radius 1 is 0.885 bits per heavy atom. The van der Waals surface area contributed by atoms with Crippen LogP contribution in [0.1, 0.15) is 106 Å². The first-order valence-electron chi connectivity index (χ1n) is 19.1. The number of amides is 2. The van der Waals surface area contributed by atoms with Crippen molar-refractivity contribution in [1.82, 2.24) is 20.2 Å². The van der Waals surface area contributed by atoms with E-state index in [0.29, 0.717) is 19.3 Å². The molecule has 0 radical (unpaired) electrons. The summed E-state index contributed by atoms with van der Waals surface area (Å²) in [5.74, 6) is -2.55. The topological polar surface area (TPSA) is 376 Å². The summed E-state index contributed by atoms with van der Waals surface area (Å²) in [4.78, 5) is 95.5. The Bertz CT molecular complexity index is 1850. The van der Waals surface area contributed by atoms with Gasteiger partial charge in [0.15, 0.2) is 0 Å². The number of nitrogens with two attached hydrogens (primary N) is 2. The molecule has 28 heteroatoms. The van der Waals surface area contributed by atoms with E-state index in [-0.39, 0.29) is 50.9 Å². The second kappa shape index (κ2) is 23.5. The van der Waals surface area contributed by atoms with Crippen LogP contribution in [0.3, 0.4) is 0 Å². The molecule has 5 unspecified atom stereocenters. The normalized spacial score (nSPS) is 20.9. The maximum Gasteiger partial charge on any atom is 0.490 e. The number of phosphoric acid groups is 3. The predicted octanol–water partition coefficient (Wildman–Crippen LogP) is 1.57. The van der Waals surface area contributed by atoms with Gasteiger partial charge in [0, 0.05) is 32.0 Å². The third-order valence-corrected chi connectivity index (χ3v) is 12.2. The molecule has 0 saturated carbocycles. The highest BCUT2D eigenvalue weighted by atomic mass is 31.3. The highest BCUT2D eigenvalue weighted by Crippen LogP contribution is 2.67. The molecule has 1 fully saturated rings. The minimum Gasteiger partial charge on any atom is -0.460 e. The fourth-order valence-corrected chi connectivity index (χ4v) is 8.81. The fraction of sp³-hybridized carbons (Fsp3) is 0.758. The number of anilines is 1. The van der Waals surface area contributed by atoms with Gasteiger partial charge < -0.3 is 56.1 Å². The monoisotopic (exact) mass is 936 g/mol. The van der Waals surface area contributed by atoms with Crippen LogP contribution >= 0.6 is 23.5 Å². The highest BCUT2D eigenvalue weighted by molar-refractivity contribution is 7.66. The smallest absolute Gasteiger partial charge is 0.460 e. The van der Waals surface area contributed by atoms with E-state index >= 15 is 0 Å². The zero-order valence-corrected chi connectivity index (χ0v) is 37.5. The second-order valence-electron chi connectivity index (χ2n) is 15.8. The summed E-state index contributed by atoms with van der Waals surface area (Å²) >= 11 is 0. The molecular weight excluding hydrogens is 877 g/mol. The molecule has 8 atom stereocenters. The largest absolute Gasteiger partial charge is 0.490 e. The lowest BCUT2D eigenvalue weighted by Crippen LogP contribution is -2.52. The summed E-state index contributed by atoms with van der Waals surface area (Å²) in [5, 5.41) is 15.4. The van der Waals surface area contributed by atoms with Crippen LogP contribution in [0, 0.1) is 0 Å². The van der Waals surface area contributed by atoms with Crippen LogP contribution < -0.4 is 27.8 Å². The van der Waals surface area contributed by atoms with Gasteiger partial charge in [-0.05, 0) is 73.3 Å². The number of aliphatic hydroxyl groups is 1. The molecule has 10 N–H and O–H groups in total. The number of rotatable bonds is 25. The molecule has 0 spiro atoms. The van der Waals surface area contributed by atoms with Crippen molar-refractivity contribution in [2.24, 2.45) is 5.73 Å². The highest BCUT2D eigenvalue weighted by Gasteiger charge is 2.44. The Morgan fingerprint density at radius 2 is 1.44 bits per heavy atom. The van der Waals surface area contributed by atoms with Crippen LogP contribution in [-0.4, -0.2) is 108 Å². The average Bonchev–Trinajstić information content (AvgIpc) is 3.46. The fourth-order valence-electron chi connectivity index (χ4n) is 5.27. The predicted molar refractivity (Wildman–Crippen MR) is 213 cm³/mol. The molecule has 1 aliphatic rings. The number of carbonyl (C=O) groups excluding carboxylic acids is 4. The molecule has 0 aromatic carbocycles. The van der Waals surface area contributed by atoms with E-state index in [4.69, 9.17) is 25.7 Å². The summed E-state index contributed by atoms with van der Waals surface area (Å²) in [6.45, 7) is 8.85. The van der Waals surface area contributed by atoms with Crippen LogP contribution in [0.4, 0.5) is 5.82 Å². The van der Waals surface area contributed by atoms with E-state index in [2.05, 4.69) is 33.3 Å². The third-order valence-electron chi connectivity index (χ3n) is 7.91. The van der Waals surface area contributed by atoms with Crippen molar-refractivity contribution in [2.75, 3.05) is 25.5 Å². The number of hydrogen-bond donors (Lipinski definition) is 8. The molecule has 2 rings (SSSR count). The van der Waals surface area contributed by atoms with Gasteiger partial charge >= 0.3 is 41.1 Å². The number of esters is 2. The van der Waals surface area contributed by atoms with Crippen molar-refractivity contribution >= 4 is 53.0 Å². The number of nitrogens with zero attached hydrogens (tertiary/aromatic N) is 2. The number of aliphatic hydroxyl groups excluding tert-OH is 1. The van der Waals surface area contributed by atoms with E-state index in [1.165, 1.54) is 12.3 Å². The SMILES string of the molecule is CC(C)(C)OC(=O)CCC(N)C(=O)NC(CCC(=O)OC(C)(C)C)C(=O)NCCCCCCOP(=O)(O)OP(=O)(O)OP(=O)(O)OC[C@H]1O[C@@H](n2ccc(N)nc2=O)C[C@H]1O. The number of aromatic nitrogens is 2. The van der Waals surface area contributed by atoms with Crippen molar-refractivity contribution in [1.29, 1.82) is 0 Å². The van der Waals surface area contributed by atoms with Crippen LogP contribution in [0.2, 0.25) is 0 Å². The number of nitrogens with one attached hydrogen (secondary N) is 2. The molecule has 61 heavy (non-hydrogen) atoms. The van der Waals surface area contributed by atoms with Crippen molar-refractivity contribution in [3.8, 4) is 0 Å². The lowest BCUT2D eigenvalue weighted by molar-refractivity contribution is -0.156. The zero-order valence-electron chi connectivity index (χ0n) is 34.8. The number of carbonyl (C=O) groups is 4. The van der Waals surface area contributed by atoms with Gasteiger partial charge in [0.1, 0.15) is 35.4 Å². The van der Waals surface area contributed by atoms with Crippen molar-refractivity contribution in [3.63, 3.8) is 0 Å². The molecule has 2 heterocycles. The number of phosphoric ester groups is 2. The molecule has 1 aromatic heterocycles. The molecule has 1 aliphatic heterocycles. The van der Waals surface area contributed by atoms with Crippen molar-refractivity contribution < 1.29 is 84.5 Å². The summed E-state index contributed by atoms with van der Waals surface area (Å²) in [7, 11) is -16.6. The van der Waals surface area contributed by atoms with Crippen LogP contribution in [0.5, 0.6) is 0 Å². The van der Waals surface area contributed by atoms with Crippen LogP contribution in [0.25, 0.3) is 0 Å². The minimum atomic E-state index is -5.78. The van der Waals surface area contributed by atoms with Gasteiger partial charge in [0.2, 0.25) is 11.8 Å². The van der Waals surface area contributed by atoms with Gasteiger partial charge in [-0.3, -0.25) is 32.8 Å². The van der Waals surface area contributed by atoms with Crippen LogP contribution in [-0.2, 0) is 64.8 Å². The van der Waals surface area contributed by atoms with E-state index in [0.717, 1.165) is 4.57 Å². The first-order valence-corrected chi connectivity index (χ1v) is 23.6. The van der Waals surface area contributed by atoms with E-state index in [1.807, 2.05) is 0 Å². The Labute approximate surface area is 352 Å². The first-order chi connectivity index (χ1) is 28.0. The van der Waals surface area contributed by atoms with Gasteiger partial charge in [-0.25, -0.2) is 18.5 Å². The summed E-state index contributed by atoms with van der Waals surface area (Å²) in [5.41, 5.74) is 9.10. The van der Waals surface area contributed by atoms with Gasteiger partial charge in [-0.15, -0.1) is 0 Å². The number of ether oxygens (including phenoxy) is 3. The second-order valence-corrected chi connectivity index (χ2v) is 20.4. The summed E-state index contributed by atoms with van der Waals surface area (Å²) in [6, 6.07) is -1.03. The maximum atomic E-state index is 13.0. The molecule has 1 aromatic rings. The maximum absolute atomic E-state index is 13.0.